The Hall–Kier alpha value is -2.17. The van der Waals surface area contributed by atoms with Gasteiger partial charge in [-0.1, -0.05) is 12.1 Å². The second kappa shape index (κ2) is 6.54. The molecule has 1 amide bonds. The molecule has 1 aromatic carbocycles. The highest BCUT2D eigenvalue weighted by atomic mass is 16.5. The summed E-state index contributed by atoms with van der Waals surface area (Å²) in [6, 6.07) is 6.68. The van der Waals surface area contributed by atoms with Crippen LogP contribution >= 0.6 is 0 Å². The lowest BCUT2D eigenvalue weighted by Gasteiger charge is -2.04. The molecule has 0 aliphatic rings. The van der Waals surface area contributed by atoms with Crippen molar-refractivity contribution in [2.45, 2.75) is 20.3 Å². The Balaban J connectivity index is 2.50. The van der Waals surface area contributed by atoms with Gasteiger partial charge >= 0.3 is 5.97 Å². The van der Waals surface area contributed by atoms with Crippen molar-refractivity contribution < 1.29 is 19.1 Å². The third-order valence-corrected chi connectivity index (χ3v) is 2.12. The summed E-state index contributed by atoms with van der Waals surface area (Å²) in [5, 5.41) is 2.45. The lowest BCUT2D eigenvalue weighted by Crippen LogP contribution is -2.28. The summed E-state index contributed by atoms with van der Waals surface area (Å²) in [7, 11) is 0. The van der Waals surface area contributed by atoms with Crippen molar-refractivity contribution in [2.24, 2.45) is 0 Å². The maximum atomic E-state index is 11.5. The van der Waals surface area contributed by atoms with Crippen LogP contribution in [0.15, 0.2) is 24.3 Å². The molecule has 96 valence electrons. The van der Waals surface area contributed by atoms with E-state index in [1.165, 1.54) is 13.8 Å². The molecule has 5 heteroatoms. The Morgan fingerprint density at radius 1 is 1.11 bits per heavy atom. The number of carbonyl (C=O) groups excluding carboxylic acids is 3. The van der Waals surface area contributed by atoms with Gasteiger partial charge < -0.3 is 10.1 Å². The molecule has 0 saturated heterocycles. The van der Waals surface area contributed by atoms with Crippen LogP contribution in [0.2, 0.25) is 0 Å². The highest BCUT2D eigenvalue weighted by Crippen LogP contribution is 2.12. The van der Waals surface area contributed by atoms with Crippen LogP contribution in [0.4, 0.5) is 0 Å². The molecule has 0 spiro atoms. The number of nitrogens with one attached hydrogen (secondary N) is 1. The van der Waals surface area contributed by atoms with Crippen LogP contribution in [-0.2, 0) is 20.8 Å². The zero-order valence-corrected chi connectivity index (χ0v) is 10.4. The minimum Gasteiger partial charge on any atom is -0.427 e. The van der Waals surface area contributed by atoms with Crippen LogP contribution in [0.1, 0.15) is 19.4 Å². The van der Waals surface area contributed by atoms with Gasteiger partial charge in [-0.3, -0.25) is 14.4 Å². The van der Waals surface area contributed by atoms with Crippen LogP contribution in [0.5, 0.6) is 5.75 Å². The fourth-order valence-electron chi connectivity index (χ4n) is 1.35. The van der Waals surface area contributed by atoms with E-state index >= 15 is 0 Å². The SMILES string of the molecule is CC(=O)NCC(=O)Cc1ccc(OC(C)=O)cc1. The molecule has 0 aromatic heterocycles. The Kier molecular flexibility index (Phi) is 5.05. The van der Waals surface area contributed by atoms with Crippen molar-refractivity contribution in [3.63, 3.8) is 0 Å². The van der Waals surface area contributed by atoms with Crippen LogP contribution in [0.25, 0.3) is 0 Å². The maximum Gasteiger partial charge on any atom is 0.308 e. The standard InChI is InChI=1S/C13H15NO4/c1-9(15)14-8-12(17)7-11-3-5-13(6-4-11)18-10(2)16/h3-6H,7-8H2,1-2H3,(H,14,15). The zero-order chi connectivity index (χ0) is 13.5. The zero-order valence-electron chi connectivity index (χ0n) is 10.4. The van der Waals surface area contributed by atoms with E-state index in [9.17, 15) is 14.4 Å². The van der Waals surface area contributed by atoms with Gasteiger partial charge in [0.05, 0.1) is 6.54 Å². The summed E-state index contributed by atoms with van der Waals surface area (Å²) in [6.45, 7) is 2.72. The van der Waals surface area contributed by atoms with Crippen molar-refractivity contribution in [1.29, 1.82) is 0 Å². The molecular formula is C13H15NO4. The summed E-state index contributed by atoms with van der Waals surface area (Å²) >= 11 is 0. The highest BCUT2D eigenvalue weighted by molar-refractivity contribution is 5.86. The molecule has 0 heterocycles. The Labute approximate surface area is 105 Å². The van der Waals surface area contributed by atoms with Crippen LogP contribution in [0, 0.1) is 0 Å². The minimum atomic E-state index is -0.385. The third kappa shape index (κ3) is 5.25. The lowest BCUT2D eigenvalue weighted by molar-refractivity contribution is -0.131. The number of ketones is 1. The van der Waals surface area contributed by atoms with Gasteiger partial charge in [0.15, 0.2) is 5.78 Å². The number of benzene rings is 1. The molecular weight excluding hydrogens is 234 g/mol. The lowest BCUT2D eigenvalue weighted by atomic mass is 10.1. The molecule has 0 bridgehead atoms. The van der Waals surface area contributed by atoms with E-state index in [2.05, 4.69) is 5.32 Å². The number of carbonyl (C=O) groups is 3. The number of ether oxygens (including phenoxy) is 1. The fourth-order valence-corrected chi connectivity index (χ4v) is 1.35. The van der Waals surface area contributed by atoms with Gasteiger partial charge in [-0.25, -0.2) is 0 Å². The number of hydrogen-bond donors (Lipinski definition) is 1. The average molecular weight is 249 g/mol. The summed E-state index contributed by atoms with van der Waals surface area (Å²) in [5.74, 6) is -0.246. The van der Waals surface area contributed by atoms with E-state index < -0.39 is 0 Å². The van der Waals surface area contributed by atoms with Crippen molar-refractivity contribution >= 4 is 17.7 Å². The van der Waals surface area contributed by atoms with Crippen molar-refractivity contribution in [2.75, 3.05) is 6.54 Å². The first kappa shape index (κ1) is 13.9. The van der Waals surface area contributed by atoms with Gasteiger partial charge in [0, 0.05) is 20.3 Å². The second-order valence-corrected chi connectivity index (χ2v) is 3.86. The topological polar surface area (TPSA) is 72.5 Å². The number of esters is 1. The normalized spacial score (nSPS) is 9.67. The predicted molar refractivity (Wildman–Crippen MR) is 65.1 cm³/mol. The first-order valence-corrected chi connectivity index (χ1v) is 5.51. The van der Waals surface area contributed by atoms with Gasteiger partial charge in [-0.05, 0) is 17.7 Å². The first-order valence-electron chi connectivity index (χ1n) is 5.51. The van der Waals surface area contributed by atoms with E-state index in [-0.39, 0.29) is 30.6 Å². The Morgan fingerprint density at radius 3 is 2.22 bits per heavy atom. The fraction of sp³-hybridized carbons (Fsp3) is 0.308. The number of hydrogen-bond acceptors (Lipinski definition) is 4. The number of Topliss-reactive ketones (excluding diaryl/α,β-unsaturated/α-hetero) is 1. The van der Waals surface area contributed by atoms with E-state index in [1.54, 1.807) is 24.3 Å². The molecule has 1 N–H and O–H groups in total. The van der Waals surface area contributed by atoms with E-state index in [0.717, 1.165) is 5.56 Å². The smallest absolute Gasteiger partial charge is 0.308 e. The predicted octanol–water partition coefficient (Wildman–Crippen LogP) is 0.860. The first-order chi connectivity index (χ1) is 8.47. The second-order valence-electron chi connectivity index (χ2n) is 3.86. The average Bonchev–Trinajstić information content (AvgIpc) is 2.28. The largest absolute Gasteiger partial charge is 0.427 e. The molecule has 0 aliphatic carbocycles. The summed E-state index contributed by atoms with van der Waals surface area (Å²) in [4.78, 5) is 32.8. The van der Waals surface area contributed by atoms with Crippen molar-refractivity contribution in [1.82, 2.24) is 5.32 Å². The van der Waals surface area contributed by atoms with Gasteiger partial charge in [0.2, 0.25) is 5.91 Å². The minimum absolute atomic E-state index is 0.0288. The molecule has 0 atom stereocenters. The Bertz CT molecular complexity index is 451. The number of rotatable bonds is 5. The highest BCUT2D eigenvalue weighted by Gasteiger charge is 2.05. The molecule has 0 unspecified atom stereocenters. The Morgan fingerprint density at radius 2 is 1.72 bits per heavy atom. The van der Waals surface area contributed by atoms with E-state index in [4.69, 9.17) is 4.74 Å². The quantitative estimate of drug-likeness (QED) is 0.620. The molecule has 0 fully saturated rings. The molecule has 1 rings (SSSR count). The molecule has 5 nitrogen and oxygen atoms in total. The third-order valence-electron chi connectivity index (χ3n) is 2.12. The molecule has 18 heavy (non-hydrogen) atoms. The summed E-state index contributed by atoms with van der Waals surface area (Å²) in [6.07, 6.45) is 0.237. The van der Waals surface area contributed by atoms with Crippen molar-refractivity contribution in [3.05, 3.63) is 29.8 Å². The molecule has 0 aliphatic heterocycles. The van der Waals surface area contributed by atoms with Crippen LogP contribution in [-0.4, -0.2) is 24.2 Å². The summed E-state index contributed by atoms with van der Waals surface area (Å²) in [5.41, 5.74) is 0.807. The van der Waals surface area contributed by atoms with Crippen LogP contribution < -0.4 is 10.1 Å². The van der Waals surface area contributed by atoms with E-state index in [1.807, 2.05) is 0 Å². The van der Waals surface area contributed by atoms with Crippen LogP contribution in [0.3, 0.4) is 0 Å². The van der Waals surface area contributed by atoms with Crippen molar-refractivity contribution in [3.8, 4) is 5.75 Å². The van der Waals surface area contributed by atoms with Gasteiger partial charge in [0.1, 0.15) is 5.75 Å². The maximum absolute atomic E-state index is 11.5. The summed E-state index contributed by atoms with van der Waals surface area (Å²) < 4.78 is 4.87. The monoisotopic (exact) mass is 249 g/mol. The van der Waals surface area contributed by atoms with Gasteiger partial charge in [-0.2, -0.15) is 0 Å². The van der Waals surface area contributed by atoms with Gasteiger partial charge in [-0.15, -0.1) is 0 Å². The molecule has 0 radical (unpaired) electrons. The van der Waals surface area contributed by atoms with E-state index in [0.29, 0.717) is 5.75 Å². The molecule has 1 aromatic rings. The number of amides is 1. The van der Waals surface area contributed by atoms with Gasteiger partial charge in [0.25, 0.3) is 0 Å². The molecule has 0 saturated carbocycles.